The first-order valence-corrected chi connectivity index (χ1v) is 5.33. The second-order valence-corrected chi connectivity index (χ2v) is 4.95. The van der Waals surface area contributed by atoms with E-state index in [0.29, 0.717) is 17.2 Å². The van der Waals surface area contributed by atoms with E-state index in [-0.39, 0.29) is 17.6 Å². The maximum Gasteiger partial charge on any atom is 0.139 e. The van der Waals surface area contributed by atoms with Crippen molar-refractivity contribution in [3.8, 4) is 5.75 Å². The van der Waals surface area contributed by atoms with Crippen molar-refractivity contribution in [2.24, 2.45) is 5.41 Å². The second-order valence-electron chi connectivity index (χ2n) is 4.52. The zero-order valence-electron chi connectivity index (χ0n) is 8.77. The van der Waals surface area contributed by atoms with Gasteiger partial charge >= 0.3 is 0 Å². The van der Waals surface area contributed by atoms with Crippen LogP contribution in [0.2, 0.25) is 5.02 Å². The van der Waals surface area contributed by atoms with Gasteiger partial charge in [-0.05, 0) is 0 Å². The van der Waals surface area contributed by atoms with Crippen LogP contribution < -0.4 is 4.74 Å². The third kappa shape index (κ3) is 1.94. The average molecular weight is 228 g/mol. The molecule has 4 heteroatoms. The summed E-state index contributed by atoms with van der Waals surface area (Å²) in [6, 6.07) is 1.73. The van der Waals surface area contributed by atoms with E-state index in [1.165, 1.54) is 0 Å². The van der Waals surface area contributed by atoms with Gasteiger partial charge in [0.15, 0.2) is 0 Å². The van der Waals surface area contributed by atoms with Gasteiger partial charge in [-0.2, -0.15) is 0 Å². The van der Waals surface area contributed by atoms with Crippen LogP contribution in [-0.2, 0) is 0 Å². The molecule has 1 aliphatic carbocycles. The van der Waals surface area contributed by atoms with Gasteiger partial charge in [-0.15, -0.1) is 0 Å². The molecule has 1 aromatic heterocycles. The van der Waals surface area contributed by atoms with Crippen molar-refractivity contribution >= 4 is 11.6 Å². The van der Waals surface area contributed by atoms with Gasteiger partial charge in [0.2, 0.25) is 0 Å². The fourth-order valence-electron chi connectivity index (χ4n) is 1.69. The van der Waals surface area contributed by atoms with Crippen LogP contribution in [0.25, 0.3) is 0 Å². The molecule has 0 spiro atoms. The number of pyridine rings is 1. The van der Waals surface area contributed by atoms with Crippen LogP contribution in [0.1, 0.15) is 20.3 Å². The van der Waals surface area contributed by atoms with Crippen LogP contribution in [0.3, 0.4) is 0 Å². The summed E-state index contributed by atoms with van der Waals surface area (Å²) in [5.74, 6) is 0.660. The molecule has 0 amide bonds. The molecule has 15 heavy (non-hydrogen) atoms. The third-order valence-corrected chi connectivity index (χ3v) is 3.29. The first-order chi connectivity index (χ1) is 7.00. The lowest BCUT2D eigenvalue weighted by atomic mass is 9.66. The highest BCUT2D eigenvalue weighted by molar-refractivity contribution is 6.30. The minimum Gasteiger partial charge on any atom is -0.488 e. The fraction of sp³-hybridized carbons (Fsp3) is 0.545. The van der Waals surface area contributed by atoms with Gasteiger partial charge in [0, 0.05) is 24.1 Å². The molecular formula is C11H14ClNO2. The Balaban J connectivity index is 2.05. The molecule has 1 N–H and O–H groups in total. The maximum atomic E-state index is 9.56. The number of hydrogen-bond donors (Lipinski definition) is 1. The number of hydrogen-bond acceptors (Lipinski definition) is 3. The molecule has 2 unspecified atom stereocenters. The molecule has 1 aliphatic rings. The molecule has 0 saturated heterocycles. The topological polar surface area (TPSA) is 42.4 Å². The van der Waals surface area contributed by atoms with Gasteiger partial charge < -0.3 is 9.84 Å². The SMILES string of the molecule is CC1(C)C(O)CC1Oc1cncc(Cl)c1. The molecule has 2 atom stereocenters. The first-order valence-electron chi connectivity index (χ1n) is 4.95. The van der Waals surface area contributed by atoms with Gasteiger partial charge in [0.05, 0.1) is 17.3 Å². The molecule has 0 bridgehead atoms. The van der Waals surface area contributed by atoms with Crippen molar-refractivity contribution in [1.82, 2.24) is 4.98 Å². The van der Waals surface area contributed by atoms with E-state index in [1.807, 2.05) is 13.8 Å². The van der Waals surface area contributed by atoms with Crippen LogP contribution in [-0.4, -0.2) is 22.3 Å². The van der Waals surface area contributed by atoms with Gasteiger partial charge in [0.1, 0.15) is 11.9 Å². The standard InChI is InChI=1S/C11H14ClNO2/c1-11(2)9(14)4-10(11)15-8-3-7(12)5-13-6-8/h3,5-6,9-10,14H,4H2,1-2H3. The summed E-state index contributed by atoms with van der Waals surface area (Å²) >= 11 is 5.80. The Morgan fingerprint density at radius 3 is 2.80 bits per heavy atom. The summed E-state index contributed by atoms with van der Waals surface area (Å²) in [4.78, 5) is 3.94. The molecule has 0 aliphatic heterocycles. The predicted molar refractivity (Wildman–Crippen MR) is 58.1 cm³/mol. The smallest absolute Gasteiger partial charge is 0.139 e. The van der Waals surface area contributed by atoms with Gasteiger partial charge in [0.25, 0.3) is 0 Å². The maximum absolute atomic E-state index is 9.56. The Kier molecular flexibility index (Phi) is 2.61. The van der Waals surface area contributed by atoms with Crippen molar-refractivity contribution in [1.29, 1.82) is 0 Å². The number of aliphatic hydroxyl groups excluding tert-OH is 1. The van der Waals surface area contributed by atoms with Crippen molar-refractivity contribution in [2.45, 2.75) is 32.5 Å². The second kappa shape index (κ2) is 3.65. The molecule has 1 heterocycles. The summed E-state index contributed by atoms with van der Waals surface area (Å²) in [5.41, 5.74) is -0.192. The third-order valence-electron chi connectivity index (χ3n) is 3.08. The highest BCUT2D eigenvalue weighted by atomic mass is 35.5. The molecule has 1 aromatic rings. The number of aromatic nitrogens is 1. The van der Waals surface area contributed by atoms with Crippen molar-refractivity contribution in [3.05, 3.63) is 23.5 Å². The molecule has 82 valence electrons. The Labute approximate surface area is 94.0 Å². The van der Waals surface area contributed by atoms with E-state index in [2.05, 4.69) is 4.98 Å². The normalized spacial score (nSPS) is 28.3. The lowest BCUT2D eigenvalue weighted by Gasteiger charge is -2.48. The highest BCUT2D eigenvalue weighted by Crippen LogP contribution is 2.42. The lowest BCUT2D eigenvalue weighted by Crippen LogP contribution is -2.56. The zero-order valence-corrected chi connectivity index (χ0v) is 9.53. The van der Waals surface area contributed by atoms with E-state index >= 15 is 0 Å². The van der Waals surface area contributed by atoms with Crippen molar-refractivity contribution in [2.75, 3.05) is 0 Å². The minimum atomic E-state index is -0.283. The summed E-state index contributed by atoms with van der Waals surface area (Å²) in [6.45, 7) is 3.98. The van der Waals surface area contributed by atoms with E-state index in [4.69, 9.17) is 16.3 Å². The van der Waals surface area contributed by atoms with Gasteiger partial charge in [-0.3, -0.25) is 4.98 Å². The Morgan fingerprint density at radius 1 is 1.53 bits per heavy atom. The average Bonchev–Trinajstić information content (AvgIpc) is 2.17. The molecule has 3 nitrogen and oxygen atoms in total. The summed E-state index contributed by atoms with van der Waals surface area (Å²) in [7, 11) is 0. The molecule has 1 fully saturated rings. The number of rotatable bonds is 2. The van der Waals surface area contributed by atoms with E-state index in [9.17, 15) is 5.11 Å². The van der Waals surface area contributed by atoms with E-state index < -0.39 is 0 Å². The quantitative estimate of drug-likeness (QED) is 0.843. The molecule has 2 rings (SSSR count). The van der Waals surface area contributed by atoms with Crippen LogP contribution in [0.5, 0.6) is 5.75 Å². The van der Waals surface area contributed by atoms with Crippen LogP contribution >= 0.6 is 11.6 Å². The highest BCUT2D eigenvalue weighted by Gasteiger charge is 2.49. The molecule has 1 saturated carbocycles. The summed E-state index contributed by atoms with van der Waals surface area (Å²) in [6.07, 6.45) is 3.61. The van der Waals surface area contributed by atoms with Crippen molar-refractivity contribution < 1.29 is 9.84 Å². The Bertz CT molecular complexity index is 367. The fourth-order valence-corrected chi connectivity index (χ4v) is 1.85. The monoisotopic (exact) mass is 227 g/mol. The number of halogens is 1. The summed E-state index contributed by atoms with van der Waals surface area (Å²) in [5, 5.41) is 10.1. The van der Waals surface area contributed by atoms with Gasteiger partial charge in [-0.25, -0.2) is 0 Å². The van der Waals surface area contributed by atoms with Crippen LogP contribution in [0.15, 0.2) is 18.5 Å². The number of ether oxygens (including phenoxy) is 1. The van der Waals surface area contributed by atoms with E-state index in [1.54, 1.807) is 18.5 Å². The predicted octanol–water partition coefficient (Wildman–Crippen LogP) is 2.27. The van der Waals surface area contributed by atoms with Crippen LogP contribution in [0.4, 0.5) is 0 Å². The molecular weight excluding hydrogens is 214 g/mol. The number of nitrogens with zero attached hydrogens (tertiary/aromatic N) is 1. The van der Waals surface area contributed by atoms with E-state index in [0.717, 1.165) is 0 Å². The Morgan fingerprint density at radius 2 is 2.27 bits per heavy atom. The summed E-state index contributed by atoms with van der Waals surface area (Å²) < 4.78 is 5.71. The largest absolute Gasteiger partial charge is 0.488 e. The van der Waals surface area contributed by atoms with Gasteiger partial charge in [-0.1, -0.05) is 25.4 Å². The van der Waals surface area contributed by atoms with Crippen LogP contribution in [0, 0.1) is 5.41 Å². The van der Waals surface area contributed by atoms with Crippen molar-refractivity contribution in [3.63, 3.8) is 0 Å². The number of aliphatic hydroxyl groups is 1. The zero-order chi connectivity index (χ0) is 11.1. The lowest BCUT2D eigenvalue weighted by molar-refractivity contribution is -0.134. The molecule has 0 radical (unpaired) electrons. The Hall–Kier alpha value is -0.800. The minimum absolute atomic E-state index is 0.0350. The molecule has 0 aromatic carbocycles. The first kappa shape index (κ1) is 10.7.